The van der Waals surface area contributed by atoms with E-state index in [0.717, 1.165) is 5.56 Å². The molecule has 0 fully saturated rings. The summed E-state index contributed by atoms with van der Waals surface area (Å²) < 4.78 is 13.6. The van der Waals surface area contributed by atoms with Crippen LogP contribution < -0.4 is 5.32 Å². The van der Waals surface area contributed by atoms with Crippen LogP contribution in [0, 0.1) is 15.9 Å². The maximum absolute atomic E-state index is 13.6. The van der Waals surface area contributed by atoms with Gasteiger partial charge in [0.15, 0.2) is 5.82 Å². The van der Waals surface area contributed by atoms with Gasteiger partial charge in [-0.05, 0) is 23.8 Å². The Morgan fingerprint density at radius 2 is 2.00 bits per heavy atom. The third-order valence-electron chi connectivity index (χ3n) is 2.55. The SMILES string of the molecule is O=[N+]([O-])c1cccc(F)c1NCc1cccc(Cl)c1. The van der Waals surface area contributed by atoms with Crippen LogP contribution in [-0.4, -0.2) is 4.92 Å². The molecule has 0 aromatic heterocycles. The first kappa shape index (κ1) is 13.3. The molecule has 1 N–H and O–H groups in total. The molecular formula is C13H10ClFN2O2. The third kappa shape index (κ3) is 3.20. The average molecular weight is 281 g/mol. The highest BCUT2D eigenvalue weighted by atomic mass is 35.5. The summed E-state index contributed by atoms with van der Waals surface area (Å²) >= 11 is 5.83. The molecule has 98 valence electrons. The van der Waals surface area contributed by atoms with Gasteiger partial charge < -0.3 is 5.32 Å². The summed E-state index contributed by atoms with van der Waals surface area (Å²) in [6, 6.07) is 10.7. The highest BCUT2D eigenvalue weighted by Crippen LogP contribution is 2.27. The number of para-hydroxylation sites is 1. The smallest absolute Gasteiger partial charge is 0.295 e. The Hall–Kier alpha value is -2.14. The molecule has 0 bridgehead atoms. The molecule has 0 amide bonds. The lowest BCUT2D eigenvalue weighted by Crippen LogP contribution is -2.04. The Bertz CT molecular complexity index is 619. The van der Waals surface area contributed by atoms with Crippen molar-refractivity contribution in [1.82, 2.24) is 0 Å². The number of rotatable bonds is 4. The quantitative estimate of drug-likeness (QED) is 0.680. The summed E-state index contributed by atoms with van der Waals surface area (Å²) in [7, 11) is 0. The van der Waals surface area contributed by atoms with Gasteiger partial charge in [0.05, 0.1) is 4.92 Å². The number of anilines is 1. The van der Waals surface area contributed by atoms with Crippen LogP contribution in [0.5, 0.6) is 0 Å². The van der Waals surface area contributed by atoms with Gasteiger partial charge >= 0.3 is 0 Å². The lowest BCUT2D eigenvalue weighted by molar-refractivity contribution is -0.384. The predicted molar refractivity (Wildman–Crippen MR) is 71.8 cm³/mol. The van der Waals surface area contributed by atoms with E-state index in [1.54, 1.807) is 24.3 Å². The second-order valence-electron chi connectivity index (χ2n) is 3.87. The van der Waals surface area contributed by atoms with E-state index in [-0.39, 0.29) is 17.9 Å². The standard InChI is InChI=1S/C13H10ClFN2O2/c14-10-4-1-3-9(7-10)8-16-13-11(15)5-2-6-12(13)17(18)19/h1-7,16H,8H2. The van der Waals surface area contributed by atoms with Crippen molar-refractivity contribution in [2.75, 3.05) is 5.32 Å². The van der Waals surface area contributed by atoms with E-state index in [2.05, 4.69) is 5.32 Å². The van der Waals surface area contributed by atoms with Crippen LogP contribution in [0.15, 0.2) is 42.5 Å². The Labute approximate surface area is 114 Å². The van der Waals surface area contributed by atoms with Gasteiger partial charge in [-0.2, -0.15) is 0 Å². The molecule has 0 saturated heterocycles. The van der Waals surface area contributed by atoms with Crippen LogP contribution in [0.4, 0.5) is 15.8 Å². The van der Waals surface area contributed by atoms with Crippen LogP contribution in [0.25, 0.3) is 0 Å². The zero-order valence-corrected chi connectivity index (χ0v) is 10.5. The number of nitro groups is 1. The Balaban J connectivity index is 2.22. The minimum absolute atomic E-state index is 0.118. The molecule has 0 saturated carbocycles. The third-order valence-corrected chi connectivity index (χ3v) is 2.78. The molecule has 0 aliphatic carbocycles. The molecule has 0 aliphatic rings. The minimum Gasteiger partial charge on any atom is -0.373 e. The second kappa shape index (κ2) is 5.67. The van der Waals surface area contributed by atoms with Crippen molar-refractivity contribution in [3.8, 4) is 0 Å². The van der Waals surface area contributed by atoms with Crippen molar-refractivity contribution in [3.05, 3.63) is 69.0 Å². The summed E-state index contributed by atoms with van der Waals surface area (Å²) in [5.74, 6) is -0.656. The molecule has 2 aromatic rings. The fourth-order valence-corrected chi connectivity index (χ4v) is 1.89. The number of benzene rings is 2. The van der Waals surface area contributed by atoms with Crippen LogP contribution in [0.1, 0.15) is 5.56 Å². The Kier molecular flexibility index (Phi) is 3.97. The van der Waals surface area contributed by atoms with Crippen LogP contribution in [0.2, 0.25) is 5.02 Å². The van der Waals surface area contributed by atoms with Crippen molar-refractivity contribution in [2.45, 2.75) is 6.54 Å². The lowest BCUT2D eigenvalue weighted by atomic mass is 10.2. The predicted octanol–water partition coefficient (Wildman–Crippen LogP) is 4.00. The number of nitrogens with zero attached hydrogens (tertiary/aromatic N) is 1. The van der Waals surface area contributed by atoms with Crippen molar-refractivity contribution in [3.63, 3.8) is 0 Å². The fraction of sp³-hybridized carbons (Fsp3) is 0.0769. The molecule has 0 aliphatic heterocycles. The number of hydrogen-bond donors (Lipinski definition) is 1. The summed E-state index contributed by atoms with van der Waals surface area (Å²) in [6.45, 7) is 0.252. The first-order chi connectivity index (χ1) is 9.08. The number of halogens is 2. The van der Waals surface area contributed by atoms with Gasteiger partial charge in [-0.3, -0.25) is 10.1 Å². The monoisotopic (exact) mass is 280 g/mol. The van der Waals surface area contributed by atoms with E-state index in [0.29, 0.717) is 5.02 Å². The van der Waals surface area contributed by atoms with Crippen LogP contribution >= 0.6 is 11.6 Å². The van der Waals surface area contributed by atoms with Crippen molar-refractivity contribution >= 4 is 23.0 Å². The summed E-state index contributed by atoms with van der Waals surface area (Å²) in [6.07, 6.45) is 0. The zero-order chi connectivity index (χ0) is 13.8. The van der Waals surface area contributed by atoms with Gasteiger partial charge in [0.1, 0.15) is 5.69 Å². The number of nitro benzene ring substituents is 1. The van der Waals surface area contributed by atoms with E-state index in [9.17, 15) is 14.5 Å². The highest BCUT2D eigenvalue weighted by Gasteiger charge is 2.17. The summed E-state index contributed by atoms with van der Waals surface area (Å²) in [5, 5.41) is 14.1. The molecule has 2 rings (SSSR count). The summed E-state index contributed by atoms with van der Waals surface area (Å²) in [4.78, 5) is 10.2. The van der Waals surface area contributed by atoms with Gasteiger partial charge in [-0.15, -0.1) is 0 Å². The van der Waals surface area contributed by atoms with E-state index in [4.69, 9.17) is 11.6 Å². The molecule has 0 spiro atoms. The van der Waals surface area contributed by atoms with Gasteiger partial charge in [0.2, 0.25) is 0 Å². The molecule has 6 heteroatoms. The van der Waals surface area contributed by atoms with Crippen LogP contribution in [-0.2, 0) is 6.54 Å². The van der Waals surface area contributed by atoms with E-state index < -0.39 is 10.7 Å². The Morgan fingerprint density at radius 1 is 1.26 bits per heavy atom. The Morgan fingerprint density at radius 3 is 2.68 bits per heavy atom. The van der Waals surface area contributed by atoms with E-state index in [1.807, 2.05) is 0 Å². The molecule has 0 unspecified atom stereocenters. The molecule has 4 nitrogen and oxygen atoms in total. The van der Waals surface area contributed by atoms with Crippen molar-refractivity contribution in [2.24, 2.45) is 0 Å². The van der Waals surface area contributed by atoms with Gasteiger partial charge in [-0.1, -0.05) is 29.8 Å². The maximum Gasteiger partial charge on any atom is 0.295 e. The van der Waals surface area contributed by atoms with Crippen molar-refractivity contribution < 1.29 is 9.31 Å². The van der Waals surface area contributed by atoms with Gasteiger partial charge in [0, 0.05) is 17.6 Å². The van der Waals surface area contributed by atoms with E-state index in [1.165, 1.54) is 18.2 Å². The fourth-order valence-electron chi connectivity index (χ4n) is 1.68. The van der Waals surface area contributed by atoms with Gasteiger partial charge in [0.25, 0.3) is 5.69 Å². The molecule has 2 aromatic carbocycles. The van der Waals surface area contributed by atoms with Crippen LogP contribution in [0.3, 0.4) is 0 Å². The lowest BCUT2D eigenvalue weighted by Gasteiger charge is -2.08. The zero-order valence-electron chi connectivity index (χ0n) is 9.77. The molecule has 0 atom stereocenters. The molecule has 19 heavy (non-hydrogen) atoms. The molecule has 0 heterocycles. The molecule has 0 radical (unpaired) electrons. The summed E-state index contributed by atoms with van der Waals surface area (Å²) in [5.41, 5.74) is 0.402. The first-order valence-corrected chi connectivity index (χ1v) is 5.87. The average Bonchev–Trinajstić information content (AvgIpc) is 2.37. The van der Waals surface area contributed by atoms with Gasteiger partial charge in [-0.25, -0.2) is 4.39 Å². The number of hydrogen-bond acceptors (Lipinski definition) is 3. The largest absolute Gasteiger partial charge is 0.373 e. The minimum atomic E-state index is -0.656. The first-order valence-electron chi connectivity index (χ1n) is 5.49. The maximum atomic E-state index is 13.6. The number of nitrogens with one attached hydrogen (secondary N) is 1. The van der Waals surface area contributed by atoms with Crippen molar-refractivity contribution in [1.29, 1.82) is 0 Å². The molecular weight excluding hydrogens is 271 g/mol. The van der Waals surface area contributed by atoms with E-state index >= 15 is 0 Å². The second-order valence-corrected chi connectivity index (χ2v) is 4.31. The normalized spacial score (nSPS) is 10.2. The highest BCUT2D eigenvalue weighted by molar-refractivity contribution is 6.30. The topological polar surface area (TPSA) is 55.2 Å².